The molecule has 0 aliphatic rings. The van der Waals surface area contributed by atoms with E-state index in [1.807, 2.05) is 18.2 Å². The Bertz CT molecular complexity index is 601. The lowest BCUT2D eigenvalue weighted by atomic mass is 10.2. The van der Waals surface area contributed by atoms with E-state index in [1.54, 1.807) is 19.3 Å². The second-order valence-electron chi connectivity index (χ2n) is 3.68. The summed E-state index contributed by atoms with van der Waals surface area (Å²) in [6, 6.07) is 5.62. The maximum absolute atomic E-state index is 11.1. The van der Waals surface area contributed by atoms with Gasteiger partial charge in [-0.2, -0.15) is 0 Å². The molecule has 19 heavy (non-hydrogen) atoms. The van der Waals surface area contributed by atoms with Gasteiger partial charge in [0.1, 0.15) is 17.9 Å². The number of esters is 1. The van der Waals surface area contributed by atoms with Gasteiger partial charge < -0.3 is 13.9 Å². The Morgan fingerprint density at radius 1 is 1.42 bits per heavy atom. The molecule has 2 aromatic rings. The van der Waals surface area contributed by atoms with Crippen LogP contribution in [0.1, 0.15) is 6.92 Å². The van der Waals surface area contributed by atoms with E-state index in [0.29, 0.717) is 13.2 Å². The molecule has 1 aromatic carbocycles. The van der Waals surface area contributed by atoms with Crippen LogP contribution < -0.4 is 4.74 Å². The molecule has 1 heterocycles. The number of carbonyl (C=O) groups is 1. The van der Waals surface area contributed by atoms with Gasteiger partial charge in [-0.1, -0.05) is 0 Å². The molecule has 0 saturated carbocycles. The Hall–Kier alpha value is -1.50. The van der Waals surface area contributed by atoms with E-state index >= 15 is 0 Å². The second kappa shape index (κ2) is 6.60. The summed E-state index contributed by atoms with van der Waals surface area (Å²) in [5, 5.41) is 1.02. The standard InChI is InChI=1S/C14H13IO4/c1-2-17-13(16)4-3-8-18-12-6-5-11-10(14(12)15)7-9-19-11/h3-7,9H,2,8H2,1H3/b4-3+. The van der Waals surface area contributed by atoms with E-state index in [2.05, 4.69) is 22.6 Å². The third-order valence-corrected chi connectivity index (χ3v) is 3.52. The number of benzene rings is 1. The predicted molar refractivity (Wildman–Crippen MR) is 80.2 cm³/mol. The molecule has 0 radical (unpaired) electrons. The van der Waals surface area contributed by atoms with E-state index < -0.39 is 0 Å². The second-order valence-corrected chi connectivity index (χ2v) is 4.75. The van der Waals surface area contributed by atoms with Crippen LogP contribution in [-0.2, 0) is 9.53 Å². The van der Waals surface area contributed by atoms with Crippen molar-refractivity contribution in [3.8, 4) is 5.75 Å². The van der Waals surface area contributed by atoms with Gasteiger partial charge in [0.2, 0.25) is 0 Å². The number of rotatable bonds is 5. The summed E-state index contributed by atoms with van der Waals surface area (Å²) in [5.74, 6) is 0.411. The fourth-order valence-electron chi connectivity index (χ4n) is 1.57. The van der Waals surface area contributed by atoms with Crippen molar-refractivity contribution in [2.75, 3.05) is 13.2 Å². The van der Waals surface area contributed by atoms with E-state index in [-0.39, 0.29) is 5.97 Å². The number of carbonyl (C=O) groups excluding carboxylic acids is 1. The average Bonchev–Trinajstić information content (AvgIpc) is 2.86. The molecule has 0 bridgehead atoms. The minimum atomic E-state index is -0.355. The highest BCUT2D eigenvalue weighted by atomic mass is 127. The zero-order chi connectivity index (χ0) is 13.7. The van der Waals surface area contributed by atoms with Crippen molar-refractivity contribution < 1.29 is 18.7 Å². The molecule has 2 rings (SSSR count). The van der Waals surface area contributed by atoms with Crippen molar-refractivity contribution in [3.63, 3.8) is 0 Å². The minimum absolute atomic E-state index is 0.318. The Morgan fingerprint density at radius 2 is 2.26 bits per heavy atom. The topological polar surface area (TPSA) is 48.7 Å². The number of furan rings is 1. The van der Waals surface area contributed by atoms with Gasteiger partial charge >= 0.3 is 5.97 Å². The number of fused-ring (bicyclic) bond motifs is 1. The first kappa shape index (κ1) is 13.9. The molecule has 0 spiro atoms. The molecule has 0 saturated heterocycles. The quantitative estimate of drug-likeness (QED) is 0.458. The van der Waals surface area contributed by atoms with Gasteiger partial charge in [0, 0.05) is 11.5 Å². The van der Waals surface area contributed by atoms with Gasteiger partial charge in [-0.3, -0.25) is 0 Å². The molecule has 1 aromatic heterocycles. The summed E-state index contributed by atoms with van der Waals surface area (Å²) in [5.41, 5.74) is 0.832. The van der Waals surface area contributed by atoms with E-state index in [9.17, 15) is 4.79 Å². The summed E-state index contributed by atoms with van der Waals surface area (Å²) in [4.78, 5) is 11.1. The lowest BCUT2D eigenvalue weighted by molar-refractivity contribution is -0.137. The largest absolute Gasteiger partial charge is 0.488 e. The van der Waals surface area contributed by atoms with Crippen LogP contribution in [0.15, 0.2) is 41.0 Å². The third kappa shape index (κ3) is 3.50. The van der Waals surface area contributed by atoms with Crippen LogP contribution in [0, 0.1) is 3.57 Å². The van der Waals surface area contributed by atoms with Gasteiger partial charge in [0.15, 0.2) is 0 Å². The van der Waals surface area contributed by atoms with E-state index in [1.165, 1.54) is 6.08 Å². The van der Waals surface area contributed by atoms with Crippen molar-refractivity contribution in [3.05, 3.63) is 40.2 Å². The Labute approximate surface area is 124 Å². The van der Waals surface area contributed by atoms with Crippen molar-refractivity contribution in [1.82, 2.24) is 0 Å². The predicted octanol–water partition coefficient (Wildman–Crippen LogP) is 3.54. The summed E-state index contributed by atoms with van der Waals surface area (Å²) in [6.45, 7) is 2.46. The van der Waals surface area contributed by atoms with Gasteiger partial charge in [-0.25, -0.2) is 4.79 Å². The maximum Gasteiger partial charge on any atom is 0.330 e. The Morgan fingerprint density at radius 3 is 3.05 bits per heavy atom. The van der Waals surface area contributed by atoms with Crippen LogP contribution >= 0.6 is 22.6 Å². The lowest BCUT2D eigenvalue weighted by Gasteiger charge is -2.06. The molecule has 5 heteroatoms. The molecular formula is C14H13IO4. The Kier molecular flexibility index (Phi) is 4.84. The van der Waals surface area contributed by atoms with Gasteiger partial charge in [-0.05, 0) is 53.8 Å². The van der Waals surface area contributed by atoms with Crippen LogP contribution in [0.5, 0.6) is 5.75 Å². The van der Waals surface area contributed by atoms with Crippen LogP contribution in [0.2, 0.25) is 0 Å². The molecule has 100 valence electrons. The highest BCUT2D eigenvalue weighted by molar-refractivity contribution is 14.1. The van der Waals surface area contributed by atoms with Gasteiger partial charge in [0.05, 0.1) is 16.4 Å². The summed E-state index contributed by atoms with van der Waals surface area (Å²) < 4.78 is 16.7. The number of hydrogen-bond donors (Lipinski definition) is 0. The number of halogens is 1. The SMILES string of the molecule is CCOC(=O)/C=C/COc1ccc2occc2c1I. The fraction of sp³-hybridized carbons (Fsp3) is 0.214. The molecule has 0 amide bonds. The van der Waals surface area contributed by atoms with E-state index in [0.717, 1.165) is 20.3 Å². The molecule has 0 atom stereocenters. The molecule has 0 aliphatic heterocycles. The van der Waals surface area contributed by atoms with E-state index in [4.69, 9.17) is 13.9 Å². The maximum atomic E-state index is 11.1. The van der Waals surface area contributed by atoms with Crippen LogP contribution in [0.3, 0.4) is 0 Å². The first-order valence-corrected chi connectivity index (χ1v) is 6.92. The fourth-order valence-corrected chi connectivity index (χ4v) is 2.35. The summed E-state index contributed by atoms with van der Waals surface area (Å²) >= 11 is 2.21. The highest BCUT2D eigenvalue weighted by Gasteiger charge is 2.07. The molecular weight excluding hydrogens is 359 g/mol. The number of ether oxygens (including phenoxy) is 2. The van der Waals surface area contributed by atoms with Crippen molar-refractivity contribution in [1.29, 1.82) is 0 Å². The zero-order valence-corrected chi connectivity index (χ0v) is 12.5. The smallest absolute Gasteiger partial charge is 0.330 e. The monoisotopic (exact) mass is 372 g/mol. The first-order chi connectivity index (χ1) is 9.22. The summed E-state index contributed by atoms with van der Waals surface area (Å²) in [7, 11) is 0. The van der Waals surface area contributed by atoms with Crippen LogP contribution in [-0.4, -0.2) is 19.2 Å². The molecule has 0 aliphatic carbocycles. The summed E-state index contributed by atoms with van der Waals surface area (Å²) in [6.07, 6.45) is 4.65. The average molecular weight is 372 g/mol. The van der Waals surface area contributed by atoms with Crippen molar-refractivity contribution in [2.24, 2.45) is 0 Å². The number of hydrogen-bond acceptors (Lipinski definition) is 4. The lowest BCUT2D eigenvalue weighted by Crippen LogP contribution is -2.01. The van der Waals surface area contributed by atoms with Crippen LogP contribution in [0.4, 0.5) is 0 Å². The molecule has 4 nitrogen and oxygen atoms in total. The first-order valence-electron chi connectivity index (χ1n) is 5.84. The highest BCUT2D eigenvalue weighted by Crippen LogP contribution is 2.30. The minimum Gasteiger partial charge on any atom is -0.488 e. The van der Waals surface area contributed by atoms with Crippen molar-refractivity contribution >= 4 is 39.5 Å². The third-order valence-electron chi connectivity index (χ3n) is 2.41. The van der Waals surface area contributed by atoms with Gasteiger partial charge in [-0.15, -0.1) is 0 Å². The normalized spacial score (nSPS) is 11.1. The molecule has 0 unspecified atom stereocenters. The Balaban J connectivity index is 1.98. The van der Waals surface area contributed by atoms with Crippen molar-refractivity contribution in [2.45, 2.75) is 6.92 Å². The molecule has 0 fully saturated rings. The zero-order valence-electron chi connectivity index (χ0n) is 10.4. The van der Waals surface area contributed by atoms with Crippen LogP contribution in [0.25, 0.3) is 11.0 Å². The van der Waals surface area contributed by atoms with Gasteiger partial charge in [0.25, 0.3) is 0 Å². The molecule has 0 N–H and O–H groups in total.